The molecular formula is C17H21NO2. The molecule has 0 aliphatic heterocycles. The Morgan fingerprint density at radius 1 is 1.10 bits per heavy atom. The molecule has 1 N–H and O–H groups in total. The van der Waals surface area contributed by atoms with Crippen LogP contribution in [0.3, 0.4) is 0 Å². The highest BCUT2D eigenvalue weighted by Gasteiger charge is 2.08. The van der Waals surface area contributed by atoms with E-state index in [1.54, 1.807) is 10.8 Å². The number of aromatic nitrogens is 1. The number of aryl methyl sites for hydroxylation is 1. The number of unbranched alkanes of at least 4 members (excludes halogenated alkanes) is 2. The maximum atomic E-state index is 12.1. The van der Waals surface area contributed by atoms with Gasteiger partial charge in [0.15, 0.2) is 5.75 Å². The molecule has 2 rings (SSSR count). The van der Waals surface area contributed by atoms with Gasteiger partial charge in [-0.05, 0) is 24.5 Å². The van der Waals surface area contributed by atoms with Crippen LogP contribution in [0.1, 0.15) is 37.3 Å². The fraction of sp³-hybridized carbons (Fsp3) is 0.353. The Balaban J connectivity index is 2.16. The highest BCUT2D eigenvalue weighted by atomic mass is 16.3. The fourth-order valence-electron chi connectivity index (χ4n) is 2.27. The third-order valence-electron chi connectivity index (χ3n) is 3.47. The summed E-state index contributed by atoms with van der Waals surface area (Å²) in [6.07, 6.45) is 5.79. The first kappa shape index (κ1) is 14.4. The van der Waals surface area contributed by atoms with Gasteiger partial charge in [-0.2, -0.15) is 0 Å². The van der Waals surface area contributed by atoms with Crippen molar-refractivity contribution in [3.63, 3.8) is 0 Å². The quantitative estimate of drug-likeness (QED) is 0.819. The van der Waals surface area contributed by atoms with E-state index in [-0.39, 0.29) is 11.3 Å². The number of benzene rings is 1. The summed E-state index contributed by atoms with van der Waals surface area (Å²) in [6, 6.07) is 11.6. The van der Waals surface area contributed by atoms with Crippen LogP contribution < -0.4 is 5.56 Å². The van der Waals surface area contributed by atoms with Crippen LogP contribution in [0.25, 0.3) is 0 Å². The smallest absolute Gasteiger partial charge is 0.293 e. The fourth-order valence-corrected chi connectivity index (χ4v) is 2.27. The minimum Gasteiger partial charge on any atom is -0.503 e. The van der Waals surface area contributed by atoms with Gasteiger partial charge in [0, 0.05) is 11.8 Å². The minimum atomic E-state index is -0.303. The lowest BCUT2D eigenvalue weighted by Crippen LogP contribution is -2.20. The number of hydrogen-bond donors (Lipinski definition) is 1. The molecule has 1 aromatic carbocycles. The van der Waals surface area contributed by atoms with Crippen molar-refractivity contribution in [2.75, 3.05) is 0 Å². The largest absolute Gasteiger partial charge is 0.503 e. The lowest BCUT2D eigenvalue weighted by molar-refractivity contribution is 0.450. The SMILES string of the molecule is CCCCCc1ccn(Cc2ccccc2)c(=O)c1O. The predicted molar refractivity (Wildman–Crippen MR) is 81.1 cm³/mol. The summed E-state index contributed by atoms with van der Waals surface area (Å²) in [5.74, 6) is -0.0977. The average Bonchev–Trinajstić information content (AvgIpc) is 2.48. The molecule has 0 aliphatic carbocycles. The Morgan fingerprint density at radius 2 is 1.85 bits per heavy atom. The molecule has 0 spiro atoms. The van der Waals surface area contributed by atoms with Gasteiger partial charge in [0.05, 0.1) is 6.54 Å². The van der Waals surface area contributed by atoms with Crippen LogP contribution in [0, 0.1) is 0 Å². The molecule has 0 fully saturated rings. The first-order chi connectivity index (χ1) is 9.72. The van der Waals surface area contributed by atoms with Crippen LogP contribution >= 0.6 is 0 Å². The zero-order valence-electron chi connectivity index (χ0n) is 11.9. The molecule has 1 aromatic heterocycles. The van der Waals surface area contributed by atoms with Crippen LogP contribution in [0.4, 0.5) is 0 Å². The predicted octanol–water partition coefficient (Wildman–Crippen LogP) is 3.33. The zero-order valence-corrected chi connectivity index (χ0v) is 11.9. The van der Waals surface area contributed by atoms with Gasteiger partial charge in [0.2, 0.25) is 0 Å². The Labute approximate surface area is 119 Å². The van der Waals surface area contributed by atoms with Gasteiger partial charge in [-0.1, -0.05) is 50.1 Å². The number of aromatic hydroxyl groups is 1. The van der Waals surface area contributed by atoms with Crippen molar-refractivity contribution >= 4 is 0 Å². The standard InChI is InChI=1S/C17H21NO2/c1-2-3-5-10-15-11-12-18(17(20)16(15)19)13-14-8-6-4-7-9-14/h4,6-9,11-12,19H,2-3,5,10,13H2,1H3. The van der Waals surface area contributed by atoms with Crippen LogP contribution in [-0.4, -0.2) is 9.67 Å². The number of rotatable bonds is 6. The van der Waals surface area contributed by atoms with Crippen molar-refractivity contribution in [3.05, 3.63) is 64.1 Å². The topological polar surface area (TPSA) is 42.2 Å². The molecule has 0 radical (unpaired) electrons. The van der Waals surface area contributed by atoms with Crippen LogP contribution in [0.2, 0.25) is 0 Å². The Kier molecular flexibility index (Phi) is 4.99. The van der Waals surface area contributed by atoms with Crippen molar-refractivity contribution in [2.45, 2.75) is 39.2 Å². The van der Waals surface area contributed by atoms with Gasteiger partial charge in [-0.15, -0.1) is 0 Å². The molecule has 20 heavy (non-hydrogen) atoms. The molecule has 0 bridgehead atoms. The second-order valence-corrected chi connectivity index (χ2v) is 5.07. The van der Waals surface area contributed by atoms with Gasteiger partial charge in [0.25, 0.3) is 5.56 Å². The Hall–Kier alpha value is -2.03. The van der Waals surface area contributed by atoms with Gasteiger partial charge in [0.1, 0.15) is 0 Å². The van der Waals surface area contributed by atoms with E-state index in [0.29, 0.717) is 6.54 Å². The van der Waals surface area contributed by atoms with Gasteiger partial charge in [-0.25, -0.2) is 0 Å². The van der Waals surface area contributed by atoms with Crippen LogP contribution in [-0.2, 0) is 13.0 Å². The van der Waals surface area contributed by atoms with E-state index in [0.717, 1.165) is 36.8 Å². The van der Waals surface area contributed by atoms with E-state index < -0.39 is 0 Å². The molecule has 0 saturated heterocycles. The summed E-state index contributed by atoms with van der Waals surface area (Å²) in [5.41, 5.74) is 1.50. The lowest BCUT2D eigenvalue weighted by atomic mass is 10.1. The molecule has 3 nitrogen and oxygen atoms in total. The highest BCUT2D eigenvalue weighted by Crippen LogP contribution is 2.15. The summed E-state index contributed by atoms with van der Waals surface area (Å²) in [7, 11) is 0. The van der Waals surface area contributed by atoms with E-state index in [1.807, 2.05) is 36.4 Å². The van der Waals surface area contributed by atoms with Crippen molar-refractivity contribution < 1.29 is 5.11 Å². The van der Waals surface area contributed by atoms with Crippen molar-refractivity contribution in [2.24, 2.45) is 0 Å². The van der Waals surface area contributed by atoms with Gasteiger partial charge < -0.3 is 9.67 Å². The summed E-state index contributed by atoms with van der Waals surface area (Å²) in [5, 5.41) is 10.0. The summed E-state index contributed by atoms with van der Waals surface area (Å²) in [4.78, 5) is 12.1. The number of hydrogen-bond acceptors (Lipinski definition) is 2. The summed E-state index contributed by atoms with van der Waals surface area (Å²) >= 11 is 0. The number of pyridine rings is 1. The van der Waals surface area contributed by atoms with Gasteiger partial charge in [-0.3, -0.25) is 4.79 Å². The number of nitrogens with zero attached hydrogens (tertiary/aromatic N) is 1. The first-order valence-corrected chi connectivity index (χ1v) is 7.17. The van der Waals surface area contributed by atoms with Crippen molar-refractivity contribution in [1.82, 2.24) is 4.57 Å². The molecule has 1 heterocycles. The summed E-state index contributed by atoms with van der Waals surface area (Å²) in [6.45, 7) is 2.63. The normalized spacial score (nSPS) is 10.7. The van der Waals surface area contributed by atoms with Crippen LogP contribution in [0.5, 0.6) is 5.75 Å². The van der Waals surface area contributed by atoms with E-state index in [2.05, 4.69) is 6.92 Å². The molecule has 0 atom stereocenters. The van der Waals surface area contributed by atoms with E-state index in [9.17, 15) is 9.90 Å². The third-order valence-corrected chi connectivity index (χ3v) is 3.47. The Bertz CT molecular complexity index is 602. The highest BCUT2D eigenvalue weighted by molar-refractivity contribution is 5.29. The van der Waals surface area contributed by atoms with E-state index >= 15 is 0 Å². The third kappa shape index (κ3) is 3.50. The maximum absolute atomic E-state index is 12.1. The molecule has 0 amide bonds. The molecule has 0 saturated carbocycles. The van der Waals surface area contributed by atoms with E-state index in [1.165, 1.54) is 0 Å². The zero-order chi connectivity index (χ0) is 14.4. The van der Waals surface area contributed by atoms with Gasteiger partial charge >= 0.3 is 0 Å². The monoisotopic (exact) mass is 271 g/mol. The lowest BCUT2D eigenvalue weighted by Gasteiger charge is -2.09. The molecule has 2 aromatic rings. The molecule has 3 heteroatoms. The average molecular weight is 271 g/mol. The minimum absolute atomic E-state index is 0.0977. The van der Waals surface area contributed by atoms with Crippen molar-refractivity contribution in [3.8, 4) is 5.75 Å². The Morgan fingerprint density at radius 3 is 2.55 bits per heavy atom. The van der Waals surface area contributed by atoms with E-state index in [4.69, 9.17) is 0 Å². The molecule has 0 unspecified atom stereocenters. The summed E-state index contributed by atoms with van der Waals surface area (Å²) < 4.78 is 1.55. The molecule has 106 valence electrons. The first-order valence-electron chi connectivity index (χ1n) is 7.17. The second-order valence-electron chi connectivity index (χ2n) is 5.07. The van der Waals surface area contributed by atoms with Crippen molar-refractivity contribution in [1.29, 1.82) is 0 Å². The van der Waals surface area contributed by atoms with Crippen LogP contribution in [0.15, 0.2) is 47.4 Å². The molecule has 0 aliphatic rings. The molecular weight excluding hydrogens is 250 g/mol. The maximum Gasteiger partial charge on any atom is 0.293 e. The second kappa shape index (κ2) is 6.94.